The van der Waals surface area contributed by atoms with E-state index in [4.69, 9.17) is 20.8 Å². The van der Waals surface area contributed by atoms with Crippen molar-refractivity contribution in [3.8, 4) is 5.75 Å². The van der Waals surface area contributed by atoms with E-state index in [2.05, 4.69) is 10.3 Å². The second-order valence-corrected chi connectivity index (χ2v) is 9.22. The molecule has 2 aromatic carbocycles. The van der Waals surface area contributed by atoms with E-state index in [9.17, 15) is 9.59 Å². The number of furan rings is 1. The van der Waals surface area contributed by atoms with E-state index in [0.29, 0.717) is 38.3 Å². The third-order valence-corrected chi connectivity index (χ3v) is 6.37. The lowest BCUT2D eigenvalue weighted by atomic mass is 10.2. The molecule has 4 aromatic rings. The lowest BCUT2D eigenvalue weighted by Gasteiger charge is -2.17. The molecule has 0 fully saturated rings. The molecule has 0 bridgehead atoms. The Morgan fingerprint density at radius 2 is 2.09 bits per heavy atom. The maximum atomic E-state index is 13.3. The summed E-state index contributed by atoms with van der Waals surface area (Å²) in [6, 6.07) is 14.0. The number of aromatic nitrogens is 2. The van der Waals surface area contributed by atoms with Crippen LogP contribution in [0.25, 0.3) is 10.9 Å². The zero-order valence-corrected chi connectivity index (χ0v) is 19.9. The van der Waals surface area contributed by atoms with Crippen molar-refractivity contribution in [3.05, 3.63) is 81.5 Å². The van der Waals surface area contributed by atoms with Crippen molar-refractivity contribution in [1.82, 2.24) is 9.55 Å². The molecule has 1 atom stereocenters. The monoisotopic (exact) mass is 483 g/mol. The van der Waals surface area contributed by atoms with Gasteiger partial charge < -0.3 is 14.5 Å². The van der Waals surface area contributed by atoms with Crippen LogP contribution < -0.4 is 15.6 Å². The number of amides is 1. The Bertz CT molecular complexity index is 1370. The van der Waals surface area contributed by atoms with E-state index >= 15 is 0 Å². The van der Waals surface area contributed by atoms with Gasteiger partial charge in [-0.25, -0.2) is 4.98 Å². The van der Waals surface area contributed by atoms with Crippen molar-refractivity contribution < 1.29 is 13.9 Å². The number of methoxy groups -OCH3 is 1. The second kappa shape index (κ2) is 9.72. The largest absolute Gasteiger partial charge is 0.495 e. The van der Waals surface area contributed by atoms with Crippen molar-refractivity contribution >= 4 is 45.9 Å². The highest BCUT2D eigenvalue weighted by atomic mass is 35.5. The van der Waals surface area contributed by atoms with Gasteiger partial charge in [-0.05, 0) is 61.9 Å². The Hall–Kier alpha value is -3.23. The first-order chi connectivity index (χ1) is 15.9. The molecule has 0 saturated heterocycles. The number of hydrogen-bond acceptors (Lipinski definition) is 6. The molecule has 1 unspecified atom stereocenters. The van der Waals surface area contributed by atoms with Crippen LogP contribution in [0, 0.1) is 6.92 Å². The molecule has 1 amide bonds. The summed E-state index contributed by atoms with van der Waals surface area (Å²) in [5.74, 6) is 0.934. The summed E-state index contributed by atoms with van der Waals surface area (Å²) in [6.07, 6.45) is 1.55. The Morgan fingerprint density at radius 1 is 1.27 bits per heavy atom. The SMILES string of the molecule is COc1ccc(C)cc1NC(=O)C(C)Sc1nc2cc(Cl)ccc2c(=O)n1Cc1ccco1. The lowest BCUT2D eigenvalue weighted by Crippen LogP contribution is -2.27. The maximum absolute atomic E-state index is 13.3. The summed E-state index contributed by atoms with van der Waals surface area (Å²) >= 11 is 7.31. The van der Waals surface area contributed by atoms with Crippen LogP contribution in [0.1, 0.15) is 18.2 Å². The highest BCUT2D eigenvalue weighted by Gasteiger charge is 2.21. The van der Waals surface area contributed by atoms with Crippen LogP contribution in [0.5, 0.6) is 5.75 Å². The molecule has 0 spiro atoms. The molecule has 9 heteroatoms. The number of thioether (sulfide) groups is 1. The normalized spacial score (nSPS) is 12.0. The van der Waals surface area contributed by atoms with E-state index < -0.39 is 5.25 Å². The van der Waals surface area contributed by atoms with Gasteiger partial charge >= 0.3 is 0 Å². The minimum atomic E-state index is -0.554. The fourth-order valence-electron chi connectivity index (χ4n) is 3.33. The lowest BCUT2D eigenvalue weighted by molar-refractivity contribution is -0.115. The Kier molecular flexibility index (Phi) is 6.76. The number of carbonyl (C=O) groups is 1. The molecule has 0 aliphatic heterocycles. The van der Waals surface area contributed by atoms with Crippen LogP contribution in [0.4, 0.5) is 5.69 Å². The molecule has 33 heavy (non-hydrogen) atoms. The second-order valence-electron chi connectivity index (χ2n) is 7.48. The van der Waals surface area contributed by atoms with Gasteiger partial charge in [0.1, 0.15) is 11.5 Å². The Labute approximate surface area is 199 Å². The number of carbonyl (C=O) groups excluding carboxylic acids is 1. The summed E-state index contributed by atoms with van der Waals surface area (Å²) < 4.78 is 12.3. The molecule has 0 saturated carbocycles. The van der Waals surface area contributed by atoms with Crippen molar-refractivity contribution in [2.75, 3.05) is 12.4 Å². The third-order valence-electron chi connectivity index (χ3n) is 5.04. The van der Waals surface area contributed by atoms with Gasteiger partial charge in [0.15, 0.2) is 5.16 Å². The highest BCUT2D eigenvalue weighted by Crippen LogP contribution is 2.28. The Balaban J connectivity index is 1.67. The predicted octanol–water partition coefficient (Wildman–Crippen LogP) is 5.13. The molecule has 2 aromatic heterocycles. The summed E-state index contributed by atoms with van der Waals surface area (Å²) in [6.45, 7) is 3.89. The summed E-state index contributed by atoms with van der Waals surface area (Å²) in [5, 5.41) is 3.67. The van der Waals surface area contributed by atoms with Crippen LogP contribution in [0.3, 0.4) is 0 Å². The molecule has 0 radical (unpaired) electrons. The predicted molar refractivity (Wildman–Crippen MR) is 131 cm³/mol. The van der Waals surface area contributed by atoms with Gasteiger partial charge in [-0.15, -0.1) is 0 Å². The van der Waals surface area contributed by atoms with Crippen LogP contribution in [-0.4, -0.2) is 27.8 Å². The minimum absolute atomic E-state index is 0.194. The molecule has 7 nitrogen and oxygen atoms in total. The standard InChI is InChI=1S/C24H22ClN3O4S/c1-14-6-9-21(31-3)20(11-14)26-22(29)15(2)33-24-27-19-12-16(25)7-8-18(19)23(30)28(24)13-17-5-4-10-32-17/h4-12,15H,13H2,1-3H3,(H,26,29). The van der Waals surface area contributed by atoms with Gasteiger partial charge in [0.2, 0.25) is 5.91 Å². The summed E-state index contributed by atoms with van der Waals surface area (Å²) in [5.41, 5.74) is 1.81. The smallest absolute Gasteiger partial charge is 0.262 e. The van der Waals surface area contributed by atoms with Crippen LogP contribution >= 0.6 is 23.4 Å². The zero-order chi connectivity index (χ0) is 23.5. The van der Waals surface area contributed by atoms with Gasteiger partial charge in [-0.1, -0.05) is 29.4 Å². The molecular weight excluding hydrogens is 462 g/mol. The van der Waals surface area contributed by atoms with Gasteiger partial charge in [-0.2, -0.15) is 0 Å². The third kappa shape index (κ3) is 5.07. The summed E-state index contributed by atoms with van der Waals surface area (Å²) in [7, 11) is 1.55. The summed E-state index contributed by atoms with van der Waals surface area (Å²) in [4.78, 5) is 30.9. The van der Waals surface area contributed by atoms with Gasteiger partial charge in [0.25, 0.3) is 5.56 Å². The number of rotatable bonds is 7. The van der Waals surface area contributed by atoms with Crippen molar-refractivity contribution in [2.24, 2.45) is 0 Å². The average molecular weight is 484 g/mol. The van der Waals surface area contributed by atoms with Crippen molar-refractivity contribution in [1.29, 1.82) is 0 Å². The van der Waals surface area contributed by atoms with Crippen LogP contribution in [0.2, 0.25) is 5.02 Å². The van der Waals surface area contributed by atoms with Gasteiger partial charge in [0.05, 0.1) is 41.8 Å². The van der Waals surface area contributed by atoms with Gasteiger partial charge in [0, 0.05) is 5.02 Å². The zero-order valence-electron chi connectivity index (χ0n) is 18.3. The molecule has 4 rings (SSSR count). The van der Waals surface area contributed by atoms with Crippen molar-refractivity contribution in [3.63, 3.8) is 0 Å². The van der Waals surface area contributed by atoms with E-state index in [1.165, 1.54) is 16.3 Å². The number of benzene rings is 2. The van der Waals surface area contributed by atoms with Gasteiger partial charge in [-0.3, -0.25) is 14.2 Å². The number of hydrogen-bond donors (Lipinski definition) is 1. The average Bonchev–Trinajstić information content (AvgIpc) is 3.29. The van der Waals surface area contributed by atoms with Crippen molar-refractivity contribution in [2.45, 2.75) is 30.8 Å². The molecule has 170 valence electrons. The minimum Gasteiger partial charge on any atom is -0.495 e. The molecule has 0 aliphatic carbocycles. The van der Waals surface area contributed by atoms with E-state index in [0.717, 1.165) is 5.56 Å². The molecule has 2 heterocycles. The number of ether oxygens (including phenoxy) is 1. The highest BCUT2D eigenvalue weighted by molar-refractivity contribution is 8.00. The maximum Gasteiger partial charge on any atom is 0.262 e. The quantitative estimate of drug-likeness (QED) is 0.290. The first-order valence-electron chi connectivity index (χ1n) is 10.2. The first kappa shape index (κ1) is 22.9. The number of halogens is 1. The molecule has 1 N–H and O–H groups in total. The topological polar surface area (TPSA) is 86.4 Å². The van der Waals surface area contributed by atoms with Crippen LogP contribution in [-0.2, 0) is 11.3 Å². The molecular formula is C24H22ClN3O4S. The Morgan fingerprint density at radius 3 is 2.82 bits per heavy atom. The fourth-order valence-corrected chi connectivity index (χ4v) is 4.40. The number of fused-ring (bicyclic) bond motifs is 1. The fraction of sp³-hybridized carbons (Fsp3) is 0.208. The van der Waals surface area contributed by atoms with Crippen LogP contribution in [0.15, 0.2) is 69.2 Å². The van der Waals surface area contributed by atoms with E-state index in [-0.39, 0.29) is 18.0 Å². The number of anilines is 1. The number of aryl methyl sites for hydroxylation is 1. The first-order valence-corrected chi connectivity index (χ1v) is 11.5. The van der Waals surface area contributed by atoms with E-state index in [1.807, 2.05) is 19.1 Å². The van der Waals surface area contributed by atoms with E-state index in [1.54, 1.807) is 56.7 Å². The number of nitrogens with zero attached hydrogens (tertiary/aromatic N) is 2. The number of nitrogens with one attached hydrogen (secondary N) is 1. The molecule has 0 aliphatic rings.